The van der Waals surface area contributed by atoms with Gasteiger partial charge in [-0.25, -0.2) is 0 Å². The first kappa shape index (κ1) is 40.6. The molecule has 2 aromatic carbocycles. The largest absolute Gasteiger partial charge is 0.507 e. The Morgan fingerprint density at radius 1 is 0.745 bits per heavy atom. The van der Waals surface area contributed by atoms with E-state index in [9.17, 15) is 61.0 Å². The van der Waals surface area contributed by atoms with Crippen LogP contribution in [-0.2, 0) is 18.9 Å². The highest BCUT2D eigenvalue weighted by molar-refractivity contribution is 5.88. The van der Waals surface area contributed by atoms with Crippen LogP contribution in [0.1, 0.15) is 6.92 Å². The molecule has 3 aliphatic heterocycles. The Bertz CT molecular complexity index is 1860. The quantitative estimate of drug-likeness (QED) is 0.0961. The van der Waals surface area contributed by atoms with Gasteiger partial charge >= 0.3 is 0 Å². The fraction of sp³-hybridized carbons (Fsp3) is 0.559. The van der Waals surface area contributed by atoms with E-state index in [0.29, 0.717) is 0 Å². The smallest absolute Gasteiger partial charge is 0.239 e. The summed E-state index contributed by atoms with van der Waals surface area (Å²) in [5.74, 6) is -2.83. The van der Waals surface area contributed by atoms with Crippen LogP contribution in [0.5, 0.6) is 34.5 Å². The fourth-order valence-electron chi connectivity index (χ4n) is 6.37. The van der Waals surface area contributed by atoms with Gasteiger partial charge in [0.05, 0.1) is 33.5 Å². The minimum Gasteiger partial charge on any atom is -0.507 e. The molecule has 0 amide bonds. The Balaban J connectivity index is 1.39. The second-order valence-corrected chi connectivity index (χ2v) is 13.1. The van der Waals surface area contributed by atoms with Crippen LogP contribution >= 0.6 is 0 Å². The summed E-state index contributed by atoms with van der Waals surface area (Å²) in [6, 6.07) is 4.51. The lowest BCUT2D eigenvalue weighted by Gasteiger charge is -2.45. The van der Waals surface area contributed by atoms with Crippen molar-refractivity contribution in [1.29, 1.82) is 0 Å². The van der Waals surface area contributed by atoms with Gasteiger partial charge in [0.15, 0.2) is 23.5 Å². The monoisotopic (exact) mass is 786 g/mol. The Kier molecular flexibility index (Phi) is 11.9. The maximum Gasteiger partial charge on any atom is 0.239 e. The first-order valence-corrected chi connectivity index (χ1v) is 16.9. The molecule has 55 heavy (non-hydrogen) atoms. The molecule has 21 nitrogen and oxygen atoms in total. The number of hydrogen-bond donors (Lipinski definition) is 11. The lowest BCUT2D eigenvalue weighted by atomic mass is 9.97. The predicted molar refractivity (Wildman–Crippen MR) is 178 cm³/mol. The molecule has 3 aliphatic rings. The van der Waals surface area contributed by atoms with Crippen LogP contribution in [0.15, 0.2) is 33.5 Å². The van der Waals surface area contributed by atoms with Crippen LogP contribution < -0.4 is 24.4 Å². The van der Waals surface area contributed by atoms with Gasteiger partial charge in [0, 0.05) is 17.7 Å². The number of aliphatic hydroxyl groups excluding tert-OH is 9. The number of phenols is 2. The summed E-state index contributed by atoms with van der Waals surface area (Å²) in [5.41, 5.74) is -1.42. The summed E-state index contributed by atoms with van der Waals surface area (Å²) in [6.45, 7) is 0.0772. The van der Waals surface area contributed by atoms with Crippen molar-refractivity contribution in [2.75, 3.05) is 27.4 Å². The van der Waals surface area contributed by atoms with E-state index in [1.54, 1.807) is 0 Å². The molecule has 3 saturated heterocycles. The van der Waals surface area contributed by atoms with Crippen molar-refractivity contribution >= 4 is 11.0 Å². The SMILES string of the molecule is COc1cc(-c2oc3cc(OC4OC(CO)C(O)C(OC5OC(C)C(O)C(O)C5O)C4O)cc(O)c3c(=O)c2OC2OCC(O)C(O)C2O)cc(OC)c1O. The summed E-state index contributed by atoms with van der Waals surface area (Å²) < 4.78 is 50.0. The average Bonchev–Trinajstić information content (AvgIpc) is 3.16. The standard InChI is InChI=1S/C34H42O21/c1-10-20(38)25(43)27(45)33(50-10)54-30-23(41)18(8-35)53-34(28(30)46)51-12-6-13(36)19-15(7-12)52-29(11-4-16(47-2)22(40)17(5-11)48-3)31(24(19)42)55-32-26(44)21(39)14(37)9-49-32/h4-7,10,14,18,20-21,23,25-28,30,32-41,43-46H,8-9H2,1-3H3. The van der Waals surface area contributed by atoms with E-state index >= 15 is 0 Å². The van der Waals surface area contributed by atoms with Gasteiger partial charge in [-0.2, -0.15) is 0 Å². The van der Waals surface area contributed by atoms with Crippen LogP contribution in [-0.4, -0.2) is 170 Å². The highest BCUT2D eigenvalue weighted by atomic mass is 16.7. The minimum atomic E-state index is -1.91. The Morgan fingerprint density at radius 2 is 1.40 bits per heavy atom. The second-order valence-electron chi connectivity index (χ2n) is 13.1. The molecule has 14 atom stereocenters. The van der Waals surface area contributed by atoms with E-state index < -0.39 is 133 Å². The number of rotatable bonds is 10. The molecule has 0 bridgehead atoms. The summed E-state index contributed by atoms with van der Waals surface area (Å²) >= 11 is 0. The summed E-state index contributed by atoms with van der Waals surface area (Å²) in [4.78, 5) is 14.1. The van der Waals surface area contributed by atoms with Gasteiger partial charge in [0.2, 0.25) is 29.5 Å². The maximum atomic E-state index is 14.1. The number of phenolic OH excluding ortho intramolecular Hbond substituents is 2. The zero-order chi connectivity index (χ0) is 40.0. The Morgan fingerprint density at radius 3 is 2.04 bits per heavy atom. The van der Waals surface area contributed by atoms with Gasteiger partial charge in [0.1, 0.15) is 83.5 Å². The molecule has 0 aliphatic carbocycles. The van der Waals surface area contributed by atoms with E-state index in [1.165, 1.54) is 33.3 Å². The molecule has 6 rings (SSSR count). The van der Waals surface area contributed by atoms with Crippen molar-refractivity contribution in [3.8, 4) is 45.8 Å². The topological polar surface area (TPSA) is 327 Å². The zero-order valence-electron chi connectivity index (χ0n) is 29.3. The van der Waals surface area contributed by atoms with E-state index in [2.05, 4.69) is 0 Å². The van der Waals surface area contributed by atoms with Crippen molar-refractivity contribution in [1.82, 2.24) is 0 Å². The molecule has 1 aromatic heterocycles. The number of ether oxygens (including phenoxy) is 8. The molecule has 0 spiro atoms. The minimum absolute atomic E-state index is 0.0120. The summed E-state index contributed by atoms with van der Waals surface area (Å²) in [7, 11) is 2.48. The normalized spacial score (nSPS) is 35.3. The van der Waals surface area contributed by atoms with Crippen LogP contribution in [0.4, 0.5) is 0 Å². The van der Waals surface area contributed by atoms with Gasteiger partial charge in [0.25, 0.3) is 0 Å². The third kappa shape index (κ3) is 7.59. The zero-order valence-corrected chi connectivity index (χ0v) is 29.3. The van der Waals surface area contributed by atoms with Crippen molar-refractivity contribution < 1.29 is 98.5 Å². The highest BCUT2D eigenvalue weighted by Crippen LogP contribution is 2.44. The Labute approximate surface area is 310 Å². The van der Waals surface area contributed by atoms with Crippen LogP contribution in [0, 0.1) is 0 Å². The lowest BCUT2D eigenvalue weighted by molar-refractivity contribution is -0.349. The molecule has 0 radical (unpaired) electrons. The number of aliphatic hydroxyl groups is 9. The van der Waals surface area contributed by atoms with Crippen molar-refractivity contribution in [3.05, 3.63) is 34.5 Å². The third-order valence-electron chi connectivity index (χ3n) is 9.51. The van der Waals surface area contributed by atoms with E-state index in [-0.39, 0.29) is 28.4 Å². The van der Waals surface area contributed by atoms with E-state index in [1.807, 2.05) is 0 Å². The summed E-state index contributed by atoms with van der Waals surface area (Å²) in [6.07, 6.45) is -23.1. The fourth-order valence-corrected chi connectivity index (χ4v) is 6.37. The van der Waals surface area contributed by atoms with Crippen molar-refractivity contribution in [2.24, 2.45) is 0 Å². The number of hydrogen-bond acceptors (Lipinski definition) is 21. The number of fused-ring (bicyclic) bond motifs is 1. The number of aromatic hydroxyl groups is 2. The maximum absolute atomic E-state index is 14.1. The predicted octanol–water partition coefficient (Wildman–Crippen LogP) is -3.26. The molecule has 21 heteroatoms. The van der Waals surface area contributed by atoms with Gasteiger partial charge in [-0.05, 0) is 19.1 Å². The van der Waals surface area contributed by atoms with E-state index in [0.717, 1.165) is 12.1 Å². The first-order chi connectivity index (χ1) is 26.1. The van der Waals surface area contributed by atoms with Crippen LogP contribution in [0.25, 0.3) is 22.3 Å². The number of methoxy groups -OCH3 is 2. The van der Waals surface area contributed by atoms with Crippen LogP contribution in [0.2, 0.25) is 0 Å². The van der Waals surface area contributed by atoms with Crippen molar-refractivity contribution in [3.63, 3.8) is 0 Å². The van der Waals surface area contributed by atoms with Crippen LogP contribution in [0.3, 0.4) is 0 Å². The molecule has 0 saturated carbocycles. The molecule has 3 aromatic rings. The summed E-state index contributed by atoms with van der Waals surface area (Å²) in [5, 5.41) is 115. The van der Waals surface area contributed by atoms with Gasteiger partial charge in [-0.15, -0.1) is 0 Å². The molecule has 11 N–H and O–H groups in total. The highest BCUT2D eigenvalue weighted by Gasteiger charge is 2.51. The second kappa shape index (κ2) is 16.2. The van der Waals surface area contributed by atoms with E-state index in [4.69, 9.17) is 42.3 Å². The first-order valence-electron chi connectivity index (χ1n) is 16.9. The Hall–Kier alpha value is -4.07. The molecular weight excluding hydrogens is 744 g/mol. The van der Waals surface area contributed by atoms with Gasteiger partial charge < -0.3 is 98.5 Å². The molecule has 304 valence electrons. The molecule has 14 unspecified atom stereocenters. The van der Waals surface area contributed by atoms with Gasteiger partial charge in [-0.3, -0.25) is 4.79 Å². The number of benzene rings is 2. The van der Waals surface area contributed by atoms with Gasteiger partial charge in [-0.1, -0.05) is 0 Å². The molecule has 4 heterocycles. The third-order valence-corrected chi connectivity index (χ3v) is 9.51. The lowest BCUT2D eigenvalue weighted by Crippen LogP contribution is -2.64. The molecular formula is C34H42O21. The average molecular weight is 787 g/mol. The van der Waals surface area contributed by atoms with Crippen molar-refractivity contribution in [2.45, 2.75) is 92.9 Å². The molecule has 3 fully saturated rings.